The molecule has 1 N–H and O–H groups in total. The third-order valence-corrected chi connectivity index (χ3v) is 2.87. The van der Waals surface area contributed by atoms with Gasteiger partial charge < -0.3 is 9.84 Å². The highest BCUT2D eigenvalue weighted by atomic mass is 32.2. The Morgan fingerprint density at radius 1 is 1.57 bits per heavy atom. The second-order valence-electron chi connectivity index (χ2n) is 2.91. The van der Waals surface area contributed by atoms with E-state index in [0.29, 0.717) is 0 Å². The zero-order valence-corrected chi connectivity index (χ0v) is 8.59. The van der Waals surface area contributed by atoms with Crippen LogP contribution in [0.2, 0.25) is 0 Å². The molecular weight excluding hydrogens is 200 g/mol. The maximum atomic E-state index is 4.63. The van der Waals surface area contributed by atoms with Gasteiger partial charge in [-0.15, -0.1) is 0 Å². The summed E-state index contributed by atoms with van der Waals surface area (Å²) in [4.78, 5) is 8.29. The molecule has 0 atom stereocenters. The van der Waals surface area contributed by atoms with Gasteiger partial charge in [-0.2, -0.15) is 4.98 Å². The number of nitrogens with one attached hydrogen (secondary N) is 1. The molecule has 0 saturated carbocycles. The van der Waals surface area contributed by atoms with E-state index < -0.39 is 0 Å². The summed E-state index contributed by atoms with van der Waals surface area (Å²) in [7, 11) is 0. The zero-order valence-electron chi connectivity index (χ0n) is 7.77. The van der Waals surface area contributed by atoms with Crippen molar-refractivity contribution < 1.29 is 4.52 Å². The predicted molar refractivity (Wildman–Crippen MR) is 55.4 cm³/mol. The summed E-state index contributed by atoms with van der Waals surface area (Å²) in [5, 5.41) is 8.02. The third-order valence-electron chi connectivity index (χ3n) is 1.83. The summed E-state index contributed by atoms with van der Waals surface area (Å²) in [6.07, 6.45) is 3.30. The van der Waals surface area contributed by atoms with Crippen LogP contribution in [0.1, 0.15) is 12.2 Å². The molecule has 0 unspecified atom stereocenters. The lowest BCUT2D eigenvalue weighted by molar-refractivity contribution is 0.410. The largest absolute Gasteiger partial charge is 0.364 e. The monoisotopic (exact) mass is 212 g/mol. The molecule has 0 aromatic carbocycles. The highest BCUT2D eigenvalue weighted by Crippen LogP contribution is 2.09. The van der Waals surface area contributed by atoms with E-state index in [4.69, 9.17) is 0 Å². The van der Waals surface area contributed by atoms with Gasteiger partial charge in [0.25, 0.3) is 0 Å². The van der Waals surface area contributed by atoms with E-state index in [0.717, 1.165) is 36.3 Å². The number of hydrogen-bond donors (Lipinski definition) is 1. The number of hydrogen-bond acceptors (Lipinski definition) is 6. The summed E-state index contributed by atoms with van der Waals surface area (Å²) < 4.78 is 4.63. The van der Waals surface area contributed by atoms with Crippen LogP contribution in [0.15, 0.2) is 15.9 Å². The van der Waals surface area contributed by atoms with Gasteiger partial charge in [-0.3, -0.25) is 4.99 Å². The lowest BCUT2D eigenvalue weighted by Gasteiger charge is -2.12. The first-order valence-electron chi connectivity index (χ1n) is 4.61. The highest BCUT2D eigenvalue weighted by Gasteiger charge is 2.05. The fraction of sp³-hybridized carbons (Fsp3) is 0.625. The molecule has 0 aliphatic carbocycles. The minimum atomic E-state index is 0.735. The number of thioether (sulfide) groups is 1. The van der Waals surface area contributed by atoms with Crippen molar-refractivity contribution in [1.82, 2.24) is 15.5 Å². The molecular formula is C8H12N4OS. The Bertz CT molecular complexity index is 298. The zero-order chi connectivity index (χ0) is 9.64. The minimum absolute atomic E-state index is 0.735. The van der Waals surface area contributed by atoms with Crippen molar-refractivity contribution in [3.63, 3.8) is 0 Å². The van der Waals surface area contributed by atoms with E-state index in [1.165, 1.54) is 12.8 Å². The van der Waals surface area contributed by atoms with Gasteiger partial charge >= 0.3 is 0 Å². The van der Waals surface area contributed by atoms with Gasteiger partial charge in [0.15, 0.2) is 11.0 Å². The molecule has 14 heavy (non-hydrogen) atoms. The minimum Gasteiger partial charge on any atom is -0.364 e. The molecule has 5 nitrogen and oxygen atoms in total. The van der Waals surface area contributed by atoms with E-state index in [1.54, 1.807) is 11.8 Å². The SMILES string of the molecule is c1nc(CCNC2=NCCCS2)no1. The highest BCUT2D eigenvalue weighted by molar-refractivity contribution is 8.13. The molecule has 1 aromatic heterocycles. The van der Waals surface area contributed by atoms with Crippen LogP contribution < -0.4 is 5.32 Å². The summed E-state index contributed by atoms with van der Waals surface area (Å²) in [5.74, 6) is 1.90. The van der Waals surface area contributed by atoms with Crippen LogP contribution in [0.5, 0.6) is 0 Å². The number of aliphatic imine (C=N–C) groups is 1. The molecule has 1 aliphatic rings. The molecule has 0 fully saturated rings. The summed E-state index contributed by atoms with van der Waals surface area (Å²) in [6, 6.07) is 0. The predicted octanol–water partition coefficient (Wildman–Crippen LogP) is 0.695. The molecule has 0 amide bonds. The van der Waals surface area contributed by atoms with Gasteiger partial charge in [0.1, 0.15) is 0 Å². The van der Waals surface area contributed by atoms with E-state index >= 15 is 0 Å². The Hall–Kier alpha value is -1.04. The molecule has 1 aliphatic heterocycles. The normalized spacial score (nSPS) is 16.4. The molecule has 1 aromatic rings. The smallest absolute Gasteiger partial charge is 0.213 e. The molecule has 2 rings (SSSR count). The maximum absolute atomic E-state index is 4.63. The van der Waals surface area contributed by atoms with Crippen molar-refractivity contribution in [3.05, 3.63) is 12.2 Å². The third kappa shape index (κ3) is 2.73. The fourth-order valence-corrected chi connectivity index (χ4v) is 2.00. The Morgan fingerprint density at radius 3 is 3.29 bits per heavy atom. The molecule has 6 heteroatoms. The first-order valence-corrected chi connectivity index (χ1v) is 5.60. The Labute approximate surface area is 86.4 Å². The van der Waals surface area contributed by atoms with Gasteiger partial charge in [0.2, 0.25) is 6.39 Å². The van der Waals surface area contributed by atoms with Crippen LogP contribution in [0.25, 0.3) is 0 Å². The van der Waals surface area contributed by atoms with Crippen LogP contribution in [0.4, 0.5) is 0 Å². The summed E-state index contributed by atoms with van der Waals surface area (Å²) in [6.45, 7) is 1.75. The van der Waals surface area contributed by atoms with Crippen molar-refractivity contribution in [2.45, 2.75) is 12.8 Å². The van der Waals surface area contributed by atoms with Gasteiger partial charge in [0, 0.05) is 25.3 Å². The van der Waals surface area contributed by atoms with Crippen LogP contribution in [0.3, 0.4) is 0 Å². The average Bonchev–Trinajstić information content (AvgIpc) is 2.72. The van der Waals surface area contributed by atoms with Gasteiger partial charge in [0.05, 0.1) is 0 Å². The van der Waals surface area contributed by atoms with Crippen LogP contribution >= 0.6 is 11.8 Å². The summed E-state index contributed by atoms with van der Waals surface area (Å²) in [5.41, 5.74) is 0. The molecule has 2 heterocycles. The van der Waals surface area contributed by atoms with Crippen molar-refractivity contribution in [2.75, 3.05) is 18.8 Å². The van der Waals surface area contributed by atoms with Crippen LogP contribution in [-0.2, 0) is 6.42 Å². The molecule has 0 radical (unpaired) electrons. The van der Waals surface area contributed by atoms with Crippen molar-refractivity contribution in [1.29, 1.82) is 0 Å². The lowest BCUT2D eigenvalue weighted by atomic mass is 10.4. The van der Waals surface area contributed by atoms with Crippen LogP contribution in [-0.4, -0.2) is 34.2 Å². The van der Waals surface area contributed by atoms with Gasteiger partial charge in [-0.05, 0) is 6.42 Å². The Kier molecular flexibility index (Phi) is 3.39. The number of amidine groups is 1. The lowest BCUT2D eigenvalue weighted by Crippen LogP contribution is -2.25. The number of rotatable bonds is 3. The summed E-state index contributed by atoms with van der Waals surface area (Å²) >= 11 is 1.78. The van der Waals surface area contributed by atoms with E-state index in [9.17, 15) is 0 Å². The molecule has 0 spiro atoms. The first-order chi connectivity index (χ1) is 6.95. The second kappa shape index (κ2) is 4.99. The Morgan fingerprint density at radius 2 is 2.57 bits per heavy atom. The average molecular weight is 212 g/mol. The second-order valence-corrected chi connectivity index (χ2v) is 4.00. The fourth-order valence-electron chi connectivity index (χ4n) is 1.15. The molecule has 76 valence electrons. The number of aromatic nitrogens is 2. The van der Waals surface area contributed by atoms with Crippen molar-refractivity contribution in [3.8, 4) is 0 Å². The topological polar surface area (TPSA) is 63.3 Å². The van der Waals surface area contributed by atoms with Crippen LogP contribution in [0, 0.1) is 0 Å². The van der Waals surface area contributed by atoms with Crippen molar-refractivity contribution >= 4 is 16.9 Å². The quantitative estimate of drug-likeness (QED) is 0.798. The van der Waals surface area contributed by atoms with E-state index in [2.05, 4.69) is 25.0 Å². The Balaban J connectivity index is 1.70. The standard InChI is InChI=1S/C8H12N4OS/c1-3-9-8(14-5-1)10-4-2-7-11-6-13-12-7/h6H,1-5H2,(H,9,10). The molecule has 0 saturated heterocycles. The maximum Gasteiger partial charge on any atom is 0.213 e. The van der Waals surface area contributed by atoms with E-state index in [1.807, 2.05) is 0 Å². The first kappa shape index (κ1) is 9.51. The van der Waals surface area contributed by atoms with Gasteiger partial charge in [-0.25, -0.2) is 0 Å². The van der Waals surface area contributed by atoms with Gasteiger partial charge in [-0.1, -0.05) is 16.9 Å². The molecule has 0 bridgehead atoms. The number of nitrogens with zero attached hydrogens (tertiary/aromatic N) is 3. The van der Waals surface area contributed by atoms with Crippen molar-refractivity contribution in [2.24, 2.45) is 4.99 Å². The van der Waals surface area contributed by atoms with E-state index in [-0.39, 0.29) is 0 Å².